The summed E-state index contributed by atoms with van der Waals surface area (Å²) < 4.78 is 9.79. The molecule has 0 saturated heterocycles. The Balaban J connectivity index is 1.90. The summed E-state index contributed by atoms with van der Waals surface area (Å²) in [6.45, 7) is 5.40. The highest BCUT2D eigenvalue weighted by atomic mass is 16.5. The minimum Gasteiger partial charge on any atom is -0.449 e. The first-order valence-electron chi connectivity index (χ1n) is 7.14. The number of esters is 1. The van der Waals surface area contributed by atoms with E-state index in [0.717, 1.165) is 11.1 Å². The first-order chi connectivity index (χ1) is 10.9. The number of aromatic nitrogens is 1. The van der Waals surface area contributed by atoms with Crippen LogP contribution in [0.5, 0.6) is 0 Å². The minimum atomic E-state index is -0.957. The molecule has 1 heterocycles. The Morgan fingerprint density at radius 1 is 1.30 bits per heavy atom. The summed E-state index contributed by atoms with van der Waals surface area (Å²) in [6.07, 6.45) is -0.957. The summed E-state index contributed by atoms with van der Waals surface area (Å²) in [5.74, 6) is -1.26. The lowest BCUT2D eigenvalue weighted by atomic mass is 10.1. The molecular formula is C16H19N3O4. The fraction of sp³-hybridized carbons (Fsp3) is 0.312. The number of aryl methyl sites for hydroxylation is 2. The Hall–Kier alpha value is -2.83. The summed E-state index contributed by atoms with van der Waals surface area (Å²) >= 11 is 0. The van der Waals surface area contributed by atoms with Gasteiger partial charge < -0.3 is 20.3 Å². The van der Waals surface area contributed by atoms with Crippen LogP contribution in [0.4, 0.5) is 5.88 Å². The molecule has 0 unspecified atom stereocenters. The molecule has 7 nitrogen and oxygen atoms in total. The summed E-state index contributed by atoms with van der Waals surface area (Å²) in [5, 5.41) is 6.28. The number of nitrogens with zero attached hydrogens (tertiary/aromatic N) is 1. The van der Waals surface area contributed by atoms with Gasteiger partial charge in [-0.05, 0) is 26.3 Å². The third-order valence-corrected chi connectivity index (χ3v) is 3.33. The molecule has 1 amide bonds. The first-order valence-corrected chi connectivity index (χ1v) is 7.14. The van der Waals surface area contributed by atoms with Crippen LogP contribution in [-0.2, 0) is 16.1 Å². The Morgan fingerprint density at radius 3 is 2.52 bits per heavy atom. The van der Waals surface area contributed by atoms with Crippen LogP contribution in [0.1, 0.15) is 34.1 Å². The van der Waals surface area contributed by atoms with Crippen LogP contribution in [0.3, 0.4) is 0 Å². The molecule has 1 atom stereocenters. The van der Waals surface area contributed by atoms with E-state index in [-0.39, 0.29) is 11.4 Å². The van der Waals surface area contributed by atoms with Crippen molar-refractivity contribution in [3.63, 3.8) is 0 Å². The van der Waals surface area contributed by atoms with E-state index in [1.165, 1.54) is 6.92 Å². The average molecular weight is 317 g/mol. The average Bonchev–Trinajstić information content (AvgIpc) is 2.85. The van der Waals surface area contributed by atoms with Crippen LogP contribution in [0.25, 0.3) is 0 Å². The number of ether oxygens (including phenoxy) is 1. The van der Waals surface area contributed by atoms with Crippen molar-refractivity contribution in [1.82, 2.24) is 10.5 Å². The fourth-order valence-electron chi connectivity index (χ4n) is 1.95. The van der Waals surface area contributed by atoms with Crippen molar-refractivity contribution in [2.45, 2.75) is 33.4 Å². The molecule has 2 aromatic rings. The molecule has 3 N–H and O–H groups in total. The van der Waals surface area contributed by atoms with Gasteiger partial charge in [-0.15, -0.1) is 0 Å². The van der Waals surface area contributed by atoms with Crippen molar-refractivity contribution < 1.29 is 18.8 Å². The number of benzene rings is 1. The molecule has 0 spiro atoms. The number of nitrogens with one attached hydrogen (secondary N) is 1. The largest absolute Gasteiger partial charge is 0.449 e. The predicted octanol–water partition coefficient (Wildman–Crippen LogP) is 1.74. The van der Waals surface area contributed by atoms with E-state index >= 15 is 0 Å². The van der Waals surface area contributed by atoms with Gasteiger partial charge in [0.15, 0.2) is 6.10 Å². The SMILES string of the molecule is Cc1ccc(CNC(=O)[C@H](C)OC(=O)c2c(C)noc2N)cc1. The van der Waals surface area contributed by atoms with Crippen LogP contribution >= 0.6 is 0 Å². The van der Waals surface area contributed by atoms with Gasteiger partial charge in [-0.2, -0.15) is 0 Å². The highest BCUT2D eigenvalue weighted by Crippen LogP contribution is 2.17. The Morgan fingerprint density at radius 2 is 1.96 bits per heavy atom. The zero-order valence-corrected chi connectivity index (χ0v) is 13.3. The number of nitrogen functional groups attached to an aromatic ring is 1. The first kappa shape index (κ1) is 16.5. The van der Waals surface area contributed by atoms with E-state index in [9.17, 15) is 9.59 Å². The van der Waals surface area contributed by atoms with E-state index in [4.69, 9.17) is 15.0 Å². The maximum atomic E-state index is 12.0. The second kappa shape index (κ2) is 6.95. The van der Waals surface area contributed by atoms with Gasteiger partial charge in [0.05, 0.1) is 5.69 Å². The van der Waals surface area contributed by atoms with Crippen LogP contribution in [-0.4, -0.2) is 23.1 Å². The van der Waals surface area contributed by atoms with E-state index in [2.05, 4.69) is 10.5 Å². The van der Waals surface area contributed by atoms with E-state index in [1.54, 1.807) is 6.92 Å². The summed E-state index contributed by atoms with van der Waals surface area (Å²) in [5.41, 5.74) is 7.98. The molecule has 0 aliphatic rings. The zero-order valence-electron chi connectivity index (χ0n) is 13.3. The number of carbonyl (C=O) groups excluding carboxylic acids is 2. The lowest BCUT2D eigenvalue weighted by Crippen LogP contribution is -2.35. The van der Waals surface area contributed by atoms with Gasteiger partial charge in [0.25, 0.3) is 5.91 Å². The second-order valence-electron chi connectivity index (χ2n) is 5.26. The van der Waals surface area contributed by atoms with E-state index in [1.807, 2.05) is 31.2 Å². The van der Waals surface area contributed by atoms with Gasteiger partial charge >= 0.3 is 5.97 Å². The van der Waals surface area contributed by atoms with E-state index < -0.39 is 18.0 Å². The Kier molecular flexibility index (Phi) is 5.00. The maximum Gasteiger partial charge on any atom is 0.346 e. The number of carbonyl (C=O) groups is 2. The molecule has 23 heavy (non-hydrogen) atoms. The highest BCUT2D eigenvalue weighted by molar-refractivity contribution is 5.96. The fourth-order valence-corrected chi connectivity index (χ4v) is 1.95. The number of nitrogens with two attached hydrogens (primary N) is 1. The third kappa shape index (κ3) is 4.09. The summed E-state index contributed by atoms with van der Waals surface area (Å²) in [6, 6.07) is 7.77. The van der Waals surface area contributed by atoms with E-state index in [0.29, 0.717) is 12.2 Å². The van der Waals surface area contributed by atoms with Crippen molar-refractivity contribution in [2.24, 2.45) is 0 Å². The van der Waals surface area contributed by atoms with Crippen molar-refractivity contribution in [1.29, 1.82) is 0 Å². The molecular weight excluding hydrogens is 298 g/mol. The normalized spacial score (nSPS) is 11.8. The molecule has 0 saturated carbocycles. The lowest BCUT2D eigenvalue weighted by molar-refractivity contribution is -0.129. The molecule has 1 aromatic heterocycles. The number of hydrogen-bond donors (Lipinski definition) is 2. The van der Waals surface area contributed by atoms with Gasteiger partial charge in [0.2, 0.25) is 5.88 Å². The van der Waals surface area contributed by atoms with Crippen molar-refractivity contribution in [3.8, 4) is 0 Å². The van der Waals surface area contributed by atoms with Gasteiger partial charge in [0, 0.05) is 6.54 Å². The highest BCUT2D eigenvalue weighted by Gasteiger charge is 2.24. The summed E-state index contributed by atoms with van der Waals surface area (Å²) in [7, 11) is 0. The predicted molar refractivity (Wildman–Crippen MR) is 83.6 cm³/mol. The molecule has 0 aliphatic carbocycles. The Labute approximate surface area is 133 Å². The van der Waals surface area contributed by atoms with Gasteiger partial charge in [-0.25, -0.2) is 4.79 Å². The summed E-state index contributed by atoms with van der Waals surface area (Å²) in [4.78, 5) is 24.0. The molecule has 1 aromatic carbocycles. The molecule has 2 rings (SSSR count). The van der Waals surface area contributed by atoms with Crippen LogP contribution in [0.2, 0.25) is 0 Å². The van der Waals surface area contributed by atoms with Crippen molar-refractivity contribution in [2.75, 3.05) is 5.73 Å². The van der Waals surface area contributed by atoms with Crippen LogP contribution in [0.15, 0.2) is 28.8 Å². The molecule has 0 radical (unpaired) electrons. The smallest absolute Gasteiger partial charge is 0.346 e. The molecule has 7 heteroatoms. The van der Waals surface area contributed by atoms with Crippen LogP contribution < -0.4 is 11.1 Å². The van der Waals surface area contributed by atoms with Crippen molar-refractivity contribution in [3.05, 3.63) is 46.6 Å². The zero-order chi connectivity index (χ0) is 17.0. The number of rotatable bonds is 5. The molecule has 0 aliphatic heterocycles. The number of hydrogen-bond acceptors (Lipinski definition) is 6. The van der Waals surface area contributed by atoms with Gasteiger partial charge in [-0.3, -0.25) is 4.79 Å². The topological polar surface area (TPSA) is 107 Å². The van der Waals surface area contributed by atoms with Crippen molar-refractivity contribution >= 4 is 17.8 Å². The minimum absolute atomic E-state index is 0.0446. The standard InChI is InChI=1S/C16H19N3O4/c1-9-4-6-12(7-5-9)8-18-15(20)11(3)22-16(21)13-10(2)19-23-14(13)17/h4-7,11H,8,17H2,1-3H3,(H,18,20)/t11-/m0/s1. The second-order valence-corrected chi connectivity index (χ2v) is 5.26. The monoisotopic (exact) mass is 317 g/mol. The number of anilines is 1. The maximum absolute atomic E-state index is 12.0. The number of amides is 1. The quantitative estimate of drug-likeness (QED) is 0.813. The van der Waals surface area contributed by atoms with Gasteiger partial charge in [0.1, 0.15) is 5.56 Å². The lowest BCUT2D eigenvalue weighted by Gasteiger charge is -2.13. The van der Waals surface area contributed by atoms with Crippen LogP contribution in [0, 0.1) is 13.8 Å². The molecule has 0 fully saturated rings. The Bertz CT molecular complexity index is 687. The molecule has 122 valence electrons. The third-order valence-electron chi connectivity index (χ3n) is 3.33. The van der Waals surface area contributed by atoms with Gasteiger partial charge in [-0.1, -0.05) is 35.0 Å². The molecule has 0 bridgehead atoms.